The van der Waals surface area contributed by atoms with Gasteiger partial charge in [0.25, 0.3) is 0 Å². The predicted octanol–water partition coefficient (Wildman–Crippen LogP) is 2.35. The smallest absolute Gasteiger partial charge is 0.335 e. The van der Waals surface area contributed by atoms with Gasteiger partial charge in [0.1, 0.15) is 0 Å². The van der Waals surface area contributed by atoms with E-state index in [1.807, 2.05) is 0 Å². The number of nitrogens with one attached hydrogen (secondary N) is 2. The number of aliphatic hydroxyl groups is 1. The fourth-order valence-electron chi connectivity index (χ4n) is 3.61. The highest BCUT2D eigenvalue weighted by atomic mass is 16.5. The van der Waals surface area contributed by atoms with Crippen molar-refractivity contribution in [2.45, 2.75) is 31.5 Å². The zero-order valence-electron chi connectivity index (χ0n) is 19.9. The predicted molar refractivity (Wildman–Crippen MR) is 132 cm³/mol. The second kappa shape index (κ2) is 12.7. The molecule has 3 rings (SSSR count). The van der Waals surface area contributed by atoms with Crippen LogP contribution in [0, 0.1) is 5.41 Å². The molecule has 2 aromatic carbocycles. The Morgan fingerprint density at radius 2 is 1.64 bits per heavy atom. The van der Waals surface area contributed by atoms with Gasteiger partial charge in [-0.25, -0.2) is 4.79 Å². The van der Waals surface area contributed by atoms with E-state index in [1.165, 1.54) is 42.5 Å². The summed E-state index contributed by atoms with van der Waals surface area (Å²) in [4.78, 5) is 48.5. The lowest BCUT2D eigenvalue weighted by molar-refractivity contribution is -0.149. The number of esters is 1. The molecule has 0 spiro atoms. The summed E-state index contributed by atoms with van der Waals surface area (Å²) in [6, 6.07) is 12.1. The summed E-state index contributed by atoms with van der Waals surface area (Å²) >= 11 is 0. The highest BCUT2D eigenvalue weighted by Crippen LogP contribution is 2.14. The first-order valence-electron chi connectivity index (χ1n) is 11.5. The first-order chi connectivity index (χ1) is 17.3. The summed E-state index contributed by atoms with van der Waals surface area (Å²) < 4.78 is 9.90. The Kier molecular flexibility index (Phi) is 9.38. The topological polar surface area (TPSA) is 143 Å². The molecule has 0 aromatic heterocycles. The van der Waals surface area contributed by atoms with E-state index in [9.17, 15) is 24.3 Å². The van der Waals surface area contributed by atoms with Crippen molar-refractivity contribution in [2.24, 2.45) is 0 Å². The Balaban J connectivity index is 1.55. The number of Topliss-reactive ketones (excluding diaryl/α,β-unsaturated/α-hetero) is 2. The highest BCUT2D eigenvalue weighted by molar-refractivity contribution is 6.49. The minimum Gasteiger partial charge on any atom is -0.467 e. The average Bonchev–Trinajstić information content (AvgIpc) is 3.43. The van der Waals surface area contributed by atoms with Crippen molar-refractivity contribution < 1.29 is 33.8 Å². The number of hydrogen-bond acceptors (Lipinski definition) is 8. The van der Waals surface area contributed by atoms with Gasteiger partial charge < -0.3 is 25.3 Å². The lowest BCUT2D eigenvalue weighted by Crippen LogP contribution is -2.30. The average molecular weight is 493 g/mol. The molecule has 9 heteroatoms. The number of benzene rings is 2. The fourth-order valence-corrected chi connectivity index (χ4v) is 3.61. The molecule has 0 aliphatic carbocycles. The zero-order valence-corrected chi connectivity index (χ0v) is 19.9. The SMILES string of the molecule is COC(=O)C(O)CC(=N)c1ccc(C(=O)C(=O)c2ccc(/C=C/C(=O)NCC3CCCO3)cc2)cc1. The van der Waals surface area contributed by atoms with E-state index in [4.69, 9.17) is 10.1 Å². The van der Waals surface area contributed by atoms with Crippen LogP contribution in [0.1, 0.15) is 51.1 Å². The quantitative estimate of drug-likeness (QED) is 0.144. The number of carbonyl (C=O) groups is 4. The Morgan fingerprint density at radius 3 is 2.19 bits per heavy atom. The molecule has 188 valence electrons. The number of amides is 1. The van der Waals surface area contributed by atoms with Crippen LogP contribution in [-0.4, -0.2) is 66.7 Å². The maximum atomic E-state index is 12.6. The van der Waals surface area contributed by atoms with Gasteiger partial charge in [-0.3, -0.25) is 14.4 Å². The molecular formula is C27H28N2O7. The lowest BCUT2D eigenvalue weighted by atomic mass is 9.97. The molecule has 2 unspecified atom stereocenters. The third-order valence-corrected chi connectivity index (χ3v) is 5.70. The van der Waals surface area contributed by atoms with Crippen LogP contribution in [0.25, 0.3) is 6.08 Å². The second-order valence-electron chi connectivity index (χ2n) is 8.29. The normalized spacial score (nSPS) is 15.9. The Hall–Kier alpha value is -3.95. The van der Waals surface area contributed by atoms with Gasteiger partial charge in [-0.15, -0.1) is 0 Å². The largest absolute Gasteiger partial charge is 0.467 e. The molecule has 0 bridgehead atoms. The summed E-state index contributed by atoms with van der Waals surface area (Å²) in [5, 5.41) is 20.5. The van der Waals surface area contributed by atoms with Crippen LogP contribution in [0.5, 0.6) is 0 Å². The maximum Gasteiger partial charge on any atom is 0.335 e. The van der Waals surface area contributed by atoms with Crippen LogP contribution in [0.4, 0.5) is 0 Å². The number of methoxy groups -OCH3 is 1. The number of rotatable bonds is 11. The summed E-state index contributed by atoms with van der Waals surface area (Å²) in [5.41, 5.74) is 1.44. The maximum absolute atomic E-state index is 12.6. The van der Waals surface area contributed by atoms with Crippen LogP contribution in [0.15, 0.2) is 54.6 Å². The molecule has 1 heterocycles. The molecule has 2 atom stereocenters. The first-order valence-corrected chi connectivity index (χ1v) is 11.5. The van der Waals surface area contributed by atoms with Crippen molar-refractivity contribution in [1.29, 1.82) is 5.41 Å². The van der Waals surface area contributed by atoms with Gasteiger partial charge in [-0.2, -0.15) is 0 Å². The van der Waals surface area contributed by atoms with E-state index in [0.29, 0.717) is 17.7 Å². The van der Waals surface area contributed by atoms with Gasteiger partial charge in [0.15, 0.2) is 6.10 Å². The molecule has 3 N–H and O–H groups in total. The minimum absolute atomic E-state index is 0.0116. The van der Waals surface area contributed by atoms with E-state index in [2.05, 4.69) is 10.1 Å². The van der Waals surface area contributed by atoms with E-state index >= 15 is 0 Å². The van der Waals surface area contributed by atoms with E-state index in [1.54, 1.807) is 18.2 Å². The molecule has 0 saturated carbocycles. The first kappa shape index (κ1) is 26.7. The minimum atomic E-state index is -1.45. The highest BCUT2D eigenvalue weighted by Gasteiger charge is 2.21. The van der Waals surface area contributed by atoms with Crippen molar-refractivity contribution in [2.75, 3.05) is 20.3 Å². The molecule has 1 fully saturated rings. The van der Waals surface area contributed by atoms with Gasteiger partial charge in [0, 0.05) is 42.5 Å². The van der Waals surface area contributed by atoms with Crippen LogP contribution >= 0.6 is 0 Å². The summed E-state index contributed by atoms with van der Waals surface area (Å²) in [5.74, 6) is -2.48. The number of ketones is 2. The zero-order chi connectivity index (χ0) is 26.1. The van der Waals surface area contributed by atoms with Crippen LogP contribution in [0.3, 0.4) is 0 Å². The molecule has 1 saturated heterocycles. The van der Waals surface area contributed by atoms with E-state index < -0.39 is 23.6 Å². The van der Waals surface area contributed by atoms with Crippen molar-refractivity contribution in [1.82, 2.24) is 5.32 Å². The molecule has 1 aliphatic rings. The molecule has 9 nitrogen and oxygen atoms in total. The molecule has 1 amide bonds. The van der Waals surface area contributed by atoms with Crippen molar-refractivity contribution >= 4 is 35.2 Å². The lowest BCUT2D eigenvalue weighted by Gasteiger charge is -2.10. The Morgan fingerprint density at radius 1 is 1.06 bits per heavy atom. The Bertz CT molecular complexity index is 1150. The van der Waals surface area contributed by atoms with Crippen LogP contribution < -0.4 is 5.32 Å². The standard InChI is InChI=1S/C27H28N2O7/c1-35-27(34)23(30)15-22(28)18-9-11-20(12-10-18)26(33)25(32)19-7-4-17(5-8-19)6-13-24(31)29-16-21-3-2-14-36-21/h4-13,21,23,28,30H,2-3,14-16H2,1H3,(H,29,31)/b13-6+,28-22?. The van der Waals surface area contributed by atoms with Crippen LogP contribution in [-0.2, 0) is 19.1 Å². The summed E-state index contributed by atoms with van der Waals surface area (Å²) in [6.07, 6.45) is 3.33. The number of ether oxygens (including phenoxy) is 2. The van der Waals surface area contributed by atoms with Crippen molar-refractivity contribution in [3.8, 4) is 0 Å². The van der Waals surface area contributed by atoms with Gasteiger partial charge >= 0.3 is 5.97 Å². The van der Waals surface area contributed by atoms with Crippen LogP contribution in [0.2, 0.25) is 0 Å². The monoisotopic (exact) mass is 492 g/mol. The van der Waals surface area contributed by atoms with Gasteiger partial charge in [-0.1, -0.05) is 48.5 Å². The molecule has 2 aromatic rings. The number of aliphatic hydroxyl groups excluding tert-OH is 1. The van der Waals surface area contributed by atoms with Crippen molar-refractivity contribution in [3.63, 3.8) is 0 Å². The van der Waals surface area contributed by atoms with E-state index in [0.717, 1.165) is 26.6 Å². The molecule has 36 heavy (non-hydrogen) atoms. The third-order valence-electron chi connectivity index (χ3n) is 5.70. The third kappa shape index (κ3) is 7.27. The molecular weight excluding hydrogens is 464 g/mol. The summed E-state index contributed by atoms with van der Waals surface area (Å²) in [6.45, 7) is 1.19. The van der Waals surface area contributed by atoms with Gasteiger partial charge in [-0.05, 0) is 30.0 Å². The fraction of sp³-hybridized carbons (Fsp3) is 0.296. The second-order valence-corrected chi connectivity index (χ2v) is 8.29. The van der Waals surface area contributed by atoms with Gasteiger partial charge in [0.05, 0.1) is 13.2 Å². The van der Waals surface area contributed by atoms with E-state index in [-0.39, 0.29) is 35.3 Å². The van der Waals surface area contributed by atoms with Crippen molar-refractivity contribution in [3.05, 3.63) is 76.9 Å². The van der Waals surface area contributed by atoms with Gasteiger partial charge in [0.2, 0.25) is 17.5 Å². The summed E-state index contributed by atoms with van der Waals surface area (Å²) in [7, 11) is 1.14. The Labute approximate surface area is 208 Å². The number of carbonyl (C=O) groups excluding carboxylic acids is 4. The molecule has 1 aliphatic heterocycles. The number of hydrogen-bond donors (Lipinski definition) is 3. The molecule has 0 radical (unpaired) electrons.